The van der Waals surface area contributed by atoms with E-state index in [1.54, 1.807) is 12.1 Å². The molecule has 0 bridgehead atoms. The predicted molar refractivity (Wildman–Crippen MR) is 158 cm³/mol. The second-order valence-electron chi connectivity index (χ2n) is 11.1. The van der Waals surface area contributed by atoms with Crippen molar-refractivity contribution in [2.45, 2.75) is 76.3 Å². The average molecular weight is 617 g/mol. The molecule has 0 radical (unpaired) electrons. The predicted octanol–water partition coefficient (Wildman–Crippen LogP) is 7.47. The van der Waals surface area contributed by atoms with Gasteiger partial charge in [0.2, 0.25) is 0 Å². The lowest BCUT2D eigenvalue weighted by Gasteiger charge is -2.34. The molecule has 0 spiro atoms. The Balaban J connectivity index is 0.000000597. The van der Waals surface area contributed by atoms with E-state index in [4.69, 9.17) is 13.9 Å². The van der Waals surface area contributed by atoms with E-state index >= 15 is 0 Å². The van der Waals surface area contributed by atoms with Crippen molar-refractivity contribution in [3.8, 4) is 0 Å². The maximum Gasteiger partial charge on any atom is 0.416 e. The molecule has 4 aliphatic rings. The van der Waals surface area contributed by atoms with Gasteiger partial charge in [0.25, 0.3) is 0 Å². The zero-order valence-electron chi connectivity index (χ0n) is 24.3. The normalized spacial score (nSPS) is 24.1. The van der Waals surface area contributed by atoms with Crippen LogP contribution in [-0.4, -0.2) is 34.3 Å². The third-order valence-electron chi connectivity index (χ3n) is 7.22. The van der Waals surface area contributed by atoms with Gasteiger partial charge in [0, 0.05) is 33.8 Å². The van der Waals surface area contributed by atoms with Crippen LogP contribution in [0.25, 0.3) is 0 Å². The van der Waals surface area contributed by atoms with E-state index in [0.29, 0.717) is 16.9 Å². The molecule has 2 aliphatic carbocycles. The number of benzene rings is 2. The first-order chi connectivity index (χ1) is 20.0. The summed E-state index contributed by atoms with van der Waals surface area (Å²) in [5.74, 6) is 0.541. The van der Waals surface area contributed by atoms with Gasteiger partial charge in [-0.1, -0.05) is 34.6 Å². The van der Waals surface area contributed by atoms with E-state index in [0.717, 1.165) is 36.8 Å². The van der Waals surface area contributed by atoms with Crippen LogP contribution in [0.15, 0.2) is 70.9 Å². The highest BCUT2D eigenvalue weighted by molar-refractivity contribution is 8.27. The summed E-state index contributed by atoms with van der Waals surface area (Å²) in [6.45, 7) is 10.1. The van der Waals surface area contributed by atoms with Gasteiger partial charge in [0.1, 0.15) is 5.82 Å². The van der Waals surface area contributed by atoms with Crippen LogP contribution in [0.3, 0.4) is 0 Å². The molecule has 2 atom stereocenters. The first-order valence-corrected chi connectivity index (χ1v) is 15.7. The molecule has 2 heterocycles. The third-order valence-corrected chi connectivity index (χ3v) is 9.41. The fraction of sp³-hybridized carbons (Fsp3) is 0.500. The van der Waals surface area contributed by atoms with Crippen molar-refractivity contribution in [2.75, 3.05) is 13.1 Å². The fourth-order valence-electron chi connectivity index (χ4n) is 4.73. The van der Waals surface area contributed by atoms with E-state index in [2.05, 4.69) is 35.7 Å². The molecular weight excluding hydrogens is 572 g/mol. The van der Waals surface area contributed by atoms with Gasteiger partial charge >= 0.3 is 6.18 Å². The van der Waals surface area contributed by atoms with Crippen molar-refractivity contribution in [1.29, 1.82) is 0 Å². The summed E-state index contributed by atoms with van der Waals surface area (Å²) in [6, 6.07) is 10.9. The van der Waals surface area contributed by atoms with Gasteiger partial charge in [-0.3, -0.25) is 14.9 Å². The van der Waals surface area contributed by atoms with Gasteiger partial charge in [-0.05, 0) is 91.4 Å². The lowest BCUT2D eigenvalue weighted by atomic mass is 10.0. The molecular formula is C30H44F4N4O3S. The van der Waals surface area contributed by atoms with Gasteiger partial charge in [-0.25, -0.2) is 9.87 Å². The Kier molecular flexibility index (Phi) is 10.4. The summed E-state index contributed by atoms with van der Waals surface area (Å²) in [7, 11) is -2.37. The smallest absolute Gasteiger partial charge is 0.317 e. The number of nitrogens with zero attached hydrogens (tertiary/aromatic N) is 1. The molecule has 7 nitrogen and oxygen atoms in total. The maximum atomic E-state index is 13.6. The van der Waals surface area contributed by atoms with Crippen LogP contribution in [0.1, 0.15) is 60.9 Å². The number of hydroxylamine groups is 1. The summed E-state index contributed by atoms with van der Waals surface area (Å²) in [5.41, 5.74) is 6.23. The molecule has 2 aromatic carbocycles. The molecule has 1 saturated carbocycles. The van der Waals surface area contributed by atoms with Crippen LogP contribution in [0.2, 0.25) is 0 Å². The van der Waals surface area contributed by atoms with Crippen LogP contribution in [0.4, 0.5) is 17.6 Å². The molecule has 2 aromatic rings. The van der Waals surface area contributed by atoms with Crippen LogP contribution >= 0.6 is 10.8 Å². The molecule has 1 unspecified atom stereocenters. The minimum absolute atomic E-state index is 0. The van der Waals surface area contributed by atoms with Crippen molar-refractivity contribution in [2.24, 2.45) is 11.8 Å². The van der Waals surface area contributed by atoms with Crippen LogP contribution in [0, 0.1) is 17.7 Å². The molecule has 3 fully saturated rings. The Hall–Kier alpha value is -2.41. The first-order valence-electron chi connectivity index (χ1n) is 14.2. The van der Waals surface area contributed by atoms with Gasteiger partial charge in [-0.2, -0.15) is 13.2 Å². The summed E-state index contributed by atoms with van der Waals surface area (Å²) in [6.07, 6.45) is 0.915. The molecule has 236 valence electrons. The van der Waals surface area contributed by atoms with Gasteiger partial charge in [-0.15, -0.1) is 5.73 Å². The molecule has 2 saturated heterocycles. The SMILES string of the molecule is CC.CC1(C)CNC([C@@H]2C=C=C(N(Cc3ccc(C(F)(F)F)cc3)S3(c4ccc(F)cc4)OO3)C2)N1.ONCC1CC1.[HH].[HH]. The molecule has 12 heteroatoms. The number of hydrogen-bond acceptors (Lipinski definition) is 7. The fourth-order valence-corrected chi connectivity index (χ4v) is 6.72. The number of nitrogens with one attached hydrogen (secondary N) is 3. The Bertz CT molecular complexity index is 1250. The zero-order chi connectivity index (χ0) is 30.5. The third kappa shape index (κ3) is 8.15. The second-order valence-corrected chi connectivity index (χ2v) is 13.2. The average Bonchev–Trinajstić information content (AvgIpc) is 3.87. The monoisotopic (exact) mass is 616 g/mol. The Labute approximate surface area is 249 Å². The number of rotatable bonds is 8. The first kappa shape index (κ1) is 32.5. The molecule has 6 rings (SSSR count). The minimum atomic E-state index is -4.40. The highest BCUT2D eigenvalue weighted by Gasteiger charge is 2.49. The topological polar surface area (TPSA) is 84.6 Å². The largest absolute Gasteiger partial charge is 0.416 e. The summed E-state index contributed by atoms with van der Waals surface area (Å²) in [5, 5.41) is 15.1. The Morgan fingerprint density at radius 2 is 1.74 bits per heavy atom. The highest BCUT2D eigenvalue weighted by atomic mass is 32.3. The van der Waals surface area contributed by atoms with E-state index in [1.165, 1.54) is 37.1 Å². The van der Waals surface area contributed by atoms with E-state index < -0.39 is 22.5 Å². The summed E-state index contributed by atoms with van der Waals surface area (Å²) in [4.78, 5) is 0.664. The van der Waals surface area contributed by atoms with E-state index in [-0.39, 0.29) is 32.8 Å². The van der Waals surface area contributed by atoms with E-state index in [1.807, 2.05) is 24.2 Å². The van der Waals surface area contributed by atoms with Crippen molar-refractivity contribution in [1.82, 2.24) is 20.4 Å². The van der Waals surface area contributed by atoms with Crippen LogP contribution < -0.4 is 16.1 Å². The van der Waals surface area contributed by atoms with Crippen LogP contribution in [-0.2, 0) is 21.4 Å². The standard InChI is InChI=1S/C24H25F4N3O2S.C4H9NO.C2H6.2H2/c1-23(2)15-29-22(30-23)17-5-10-20(13-17)31(14-16-3-6-18(7-4-16)24(26,27)28)34(32-33-34)21-11-8-19(25)9-12-21;6-5-3-4-1-2-4;1-2;;/h3-9,11-12,17,22,29-30H,13-15H2,1-2H3;4-6H,1-3H2;1-2H3;2*1H/t17-,22?;;;;/m1..../s1. The Morgan fingerprint density at radius 1 is 1.10 bits per heavy atom. The van der Waals surface area contributed by atoms with Crippen LogP contribution in [0.5, 0.6) is 0 Å². The zero-order valence-corrected chi connectivity index (χ0v) is 25.1. The summed E-state index contributed by atoms with van der Waals surface area (Å²) < 4.78 is 65.6. The molecule has 0 aromatic heterocycles. The van der Waals surface area contributed by atoms with Crippen molar-refractivity contribution < 1.29 is 34.3 Å². The minimum Gasteiger partial charge on any atom is -0.317 e. The summed E-state index contributed by atoms with van der Waals surface area (Å²) >= 11 is 0. The number of halogens is 4. The van der Waals surface area contributed by atoms with Crippen molar-refractivity contribution in [3.05, 3.63) is 83.0 Å². The lowest BCUT2D eigenvalue weighted by molar-refractivity contribution is -0.137. The molecule has 2 aliphatic heterocycles. The second kappa shape index (κ2) is 13.5. The van der Waals surface area contributed by atoms with Crippen molar-refractivity contribution >= 4 is 10.8 Å². The van der Waals surface area contributed by atoms with Gasteiger partial charge in [0.15, 0.2) is 0 Å². The lowest BCUT2D eigenvalue weighted by Crippen LogP contribution is -2.43. The Morgan fingerprint density at radius 3 is 2.21 bits per heavy atom. The van der Waals surface area contributed by atoms with E-state index in [9.17, 15) is 17.6 Å². The maximum absolute atomic E-state index is 13.6. The molecule has 0 amide bonds. The van der Waals surface area contributed by atoms with Gasteiger partial charge < -0.3 is 5.21 Å². The van der Waals surface area contributed by atoms with Gasteiger partial charge in [0.05, 0.1) is 28.9 Å². The number of hydrogen-bond donors (Lipinski definition) is 4. The van der Waals surface area contributed by atoms with Crippen molar-refractivity contribution in [3.63, 3.8) is 0 Å². The highest BCUT2D eigenvalue weighted by Crippen LogP contribution is 2.75. The molecule has 42 heavy (non-hydrogen) atoms. The quantitative estimate of drug-likeness (QED) is 0.0805. The molecule has 4 N–H and O–H groups in total. The number of alkyl halides is 3.